The number of benzene rings is 3. The fourth-order valence-electron chi connectivity index (χ4n) is 4.40. The van der Waals surface area contributed by atoms with Gasteiger partial charge in [-0.2, -0.15) is 5.10 Å². The summed E-state index contributed by atoms with van der Waals surface area (Å²) in [5.74, 6) is 0.0414. The van der Waals surface area contributed by atoms with E-state index in [4.69, 9.17) is 4.79 Å². The molecular weight excluding hydrogens is 412 g/mol. The lowest BCUT2D eigenvalue weighted by atomic mass is 10.1. The van der Waals surface area contributed by atoms with E-state index >= 15 is 0 Å². The van der Waals surface area contributed by atoms with Crippen LogP contribution in [-0.4, -0.2) is 53.6 Å². The number of hydrogen-bond acceptors (Lipinski definition) is 4. The third-order valence-electron chi connectivity index (χ3n) is 5.97. The summed E-state index contributed by atoms with van der Waals surface area (Å²) in [4.78, 5) is 25.7. The average molecular weight is 441 g/mol. The van der Waals surface area contributed by atoms with Crippen molar-refractivity contribution in [2.24, 2.45) is 0 Å². The molecule has 3 aromatic carbocycles. The second-order valence-electron chi connectivity index (χ2n) is 8.20. The maximum atomic E-state index is 13.4. The molecule has 5 rings (SSSR count). The topological polar surface area (TPSA) is 58.4 Å². The smallest absolute Gasteiger partial charge is 0.272 e. The predicted molar refractivity (Wildman–Crippen MR) is 132 cm³/mol. The quantitative estimate of drug-likeness (QED) is 0.473. The summed E-state index contributed by atoms with van der Waals surface area (Å²) in [6.07, 6.45) is 0. The molecule has 0 spiro atoms. The van der Waals surface area contributed by atoms with Gasteiger partial charge in [0.25, 0.3) is 5.91 Å². The third kappa shape index (κ3) is 4.51. The zero-order valence-electron chi connectivity index (χ0n) is 19.1. The van der Waals surface area contributed by atoms with E-state index < -0.39 is 0 Å². The number of fused-ring (bicyclic) bond motifs is 1. The van der Waals surface area contributed by atoms with Crippen LogP contribution in [0.15, 0.2) is 72.8 Å². The molecule has 1 amide bonds. The Balaban J connectivity index is 0.00000126. The number of aryl methyl sites for hydroxylation is 2. The number of carbonyl (C=O) groups is 2. The Morgan fingerprint density at radius 2 is 1.55 bits per heavy atom. The monoisotopic (exact) mass is 440 g/mol. The number of amides is 1. The number of nitrogens with zero attached hydrogens (tertiary/aromatic N) is 4. The Morgan fingerprint density at radius 3 is 2.30 bits per heavy atom. The lowest BCUT2D eigenvalue weighted by molar-refractivity contribution is -0.0980. The number of aromatic nitrogens is 2. The summed E-state index contributed by atoms with van der Waals surface area (Å²) in [5.41, 5.74) is 4.78. The van der Waals surface area contributed by atoms with Gasteiger partial charge in [0, 0.05) is 37.3 Å². The zero-order valence-corrected chi connectivity index (χ0v) is 19.1. The summed E-state index contributed by atoms with van der Waals surface area (Å²) in [7, 11) is 0. The van der Waals surface area contributed by atoms with Gasteiger partial charge in [-0.3, -0.25) is 4.79 Å². The van der Waals surface area contributed by atoms with Crippen LogP contribution in [0.5, 0.6) is 0 Å². The molecule has 1 aliphatic heterocycles. The van der Waals surface area contributed by atoms with Gasteiger partial charge in [0.05, 0.1) is 11.4 Å². The molecule has 0 radical (unpaired) electrons. The molecule has 168 valence electrons. The van der Waals surface area contributed by atoms with Gasteiger partial charge in [0.2, 0.25) is 0 Å². The van der Waals surface area contributed by atoms with Gasteiger partial charge in [-0.25, -0.2) is 4.68 Å². The van der Waals surface area contributed by atoms with Crippen LogP contribution in [0, 0.1) is 13.8 Å². The average Bonchev–Trinajstić information content (AvgIpc) is 3.26. The van der Waals surface area contributed by atoms with Gasteiger partial charge in [-0.05, 0) is 49.1 Å². The minimum absolute atomic E-state index is 0.0414. The third-order valence-corrected chi connectivity index (χ3v) is 5.97. The minimum Gasteiger partial charge on any atom is -0.367 e. The molecule has 33 heavy (non-hydrogen) atoms. The fraction of sp³-hybridized carbons (Fsp3) is 0.222. The first-order valence-electron chi connectivity index (χ1n) is 11.0. The first-order chi connectivity index (χ1) is 16.1. The van der Waals surface area contributed by atoms with Crippen LogP contribution in [0.4, 0.5) is 5.69 Å². The van der Waals surface area contributed by atoms with Crippen LogP contribution >= 0.6 is 0 Å². The highest BCUT2D eigenvalue weighted by Gasteiger charge is 2.26. The highest BCUT2D eigenvalue weighted by atomic mass is 16.2. The largest absolute Gasteiger partial charge is 0.367 e. The van der Waals surface area contributed by atoms with Crippen molar-refractivity contribution in [3.8, 4) is 5.69 Å². The van der Waals surface area contributed by atoms with Crippen molar-refractivity contribution in [3.05, 3.63) is 89.7 Å². The minimum atomic E-state index is 0.0414. The number of carbonyl (C=O) groups excluding carboxylic acids is 2. The molecular formula is C27H28N4O2. The Hall–Kier alpha value is -3.93. The highest BCUT2D eigenvalue weighted by Crippen LogP contribution is 2.28. The van der Waals surface area contributed by atoms with Crippen molar-refractivity contribution in [1.29, 1.82) is 0 Å². The van der Waals surface area contributed by atoms with E-state index in [0.717, 1.165) is 30.0 Å². The van der Waals surface area contributed by atoms with E-state index in [1.165, 1.54) is 16.5 Å². The molecule has 1 saturated heterocycles. The SMILES string of the molecule is C=O.Cc1cccc(-n2nc(C)cc2C(=O)N2CCN(c3cccc4ccccc34)CC2)c1. The Labute approximate surface area is 194 Å². The summed E-state index contributed by atoms with van der Waals surface area (Å²) >= 11 is 0. The van der Waals surface area contributed by atoms with Gasteiger partial charge in [-0.15, -0.1) is 0 Å². The van der Waals surface area contributed by atoms with E-state index in [1.807, 2.05) is 49.8 Å². The first kappa shape index (κ1) is 22.3. The fourth-order valence-corrected chi connectivity index (χ4v) is 4.40. The Kier molecular flexibility index (Phi) is 6.54. The molecule has 6 nitrogen and oxygen atoms in total. The van der Waals surface area contributed by atoms with E-state index in [9.17, 15) is 4.79 Å². The Morgan fingerprint density at radius 1 is 0.848 bits per heavy atom. The second kappa shape index (κ2) is 9.69. The van der Waals surface area contributed by atoms with Gasteiger partial charge in [0.1, 0.15) is 12.5 Å². The second-order valence-corrected chi connectivity index (χ2v) is 8.20. The van der Waals surface area contributed by atoms with Gasteiger partial charge in [-0.1, -0.05) is 48.5 Å². The normalized spacial score (nSPS) is 13.5. The van der Waals surface area contributed by atoms with Crippen molar-refractivity contribution >= 4 is 29.2 Å². The summed E-state index contributed by atoms with van der Waals surface area (Å²) < 4.78 is 1.78. The molecule has 0 N–H and O–H groups in total. The number of rotatable bonds is 3. The summed E-state index contributed by atoms with van der Waals surface area (Å²) in [6, 6.07) is 24.9. The van der Waals surface area contributed by atoms with Crippen molar-refractivity contribution in [2.75, 3.05) is 31.1 Å². The van der Waals surface area contributed by atoms with Gasteiger partial charge in [0.15, 0.2) is 0 Å². The van der Waals surface area contributed by atoms with Gasteiger partial charge >= 0.3 is 0 Å². The number of piperazine rings is 1. The van der Waals surface area contributed by atoms with Crippen molar-refractivity contribution < 1.29 is 9.59 Å². The van der Waals surface area contributed by atoms with Gasteiger partial charge < -0.3 is 14.6 Å². The maximum Gasteiger partial charge on any atom is 0.272 e. The van der Waals surface area contributed by atoms with Crippen LogP contribution in [0.25, 0.3) is 16.5 Å². The molecule has 0 atom stereocenters. The van der Waals surface area contributed by atoms with Crippen LogP contribution in [0.1, 0.15) is 21.7 Å². The number of hydrogen-bond donors (Lipinski definition) is 0. The summed E-state index contributed by atoms with van der Waals surface area (Å²) in [5, 5.41) is 7.10. The molecule has 0 aliphatic carbocycles. The molecule has 4 aromatic rings. The maximum absolute atomic E-state index is 13.4. The molecule has 6 heteroatoms. The van der Waals surface area contributed by atoms with Crippen molar-refractivity contribution in [3.63, 3.8) is 0 Å². The van der Waals surface area contributed by atoms with Crippen LogP contribution in [-0.2, 0) is 4.79 Å². The van der Waals surface area contributed by atoms with E-state index in [2.05, 4.69) is 58.5 Å². The van der Waals surface area contributed by atoms with Crippen molar-refractivity contribution in [1.82, 2.24) is 14.7 Å². The van der Waals surface area contributed by atoms with Crippen LogP contribution in [0.3, 0.4) is 0 Å². The lowest BCUT2D eigenvalue weighted by Gasteiger charge is -2.36. The van der Waals surface area contributed by atoms with E-state index in [1.54, 1.807) is 4.68 Å². The zero-order chi connectivity index (χ0) is 23.4. The Bertz CT molecular complexity index is 1270. The molecule has 1 aromatic heterocycles. The molecule has 2 heterocycles. The molecule has 0 bridgehead atoms. The molecule has 0 saturated carbocycles. The standard InChI is InChI=1S/C26H26N4O.CH2O/c1-19-7-5-10-22(17-19)30-25(18-20(2)27-30)26(31)29-15-13-28(14-16-29)24-12-6-9-21-8-3-4-11-23(21)24;1-2/h3-12,17-18H,13-16H2,1-2H3;1H2. The predicted octanol–water partition coefficient (Wildman–Crippen LogP) is 4.42. The van der Waals surface area contributed by atoms with Crippen molar-refractivity contribution in [2.45, 2.75) is 13.8 Å². The molecule has 0 unspecified atom stereocenters. The first-order valence-corrected chi connectivity index (χ1v) is 11.0. The van der Waals surface area contributed by atoms with Crippen LogP contribution < -0.4 is 4.90 Å². The van der Waals surface area contributed by atoms with E-state index in [-0.39, 0.29) is 5.91 Å². The number of anilines is 1. The molecule has 1 aliphatic rings. The van der Waals surface area contributed by atoms with E-state index in [0.29, 0.717) is 18.8 Å². The van der Waals surface area contributed by atoms with Crippen LogP contribution in [0.2, 0.25) is 0 Å². The summed E-state index contributed by atoms with van der Waals surface area (Å²) in [6.45, 7) is 9.00. The lowest BCUT2D eigenvalue weighted by Crippen LogP contribution is -2.49. The highest BCUT2D eigenvalue weighted by molar-refractivity contribution is 5.95. The molecule has 1 fully saturated rings.